The lowest BCUT2D eigenvalue weighted by Crippen LogP contribution is -1.81. The summed E-state index contributed by atoms with van der Waals surface area (Å²) in [5.41, 5.74) is 0. The number of carboxylic acids is 4. The van der Waals surface area contributed by atoms with Crippen LogP contribution < -0.4 is 0 Å². The molecule has 12 N–H and O–H groups in total. The fraction of sp³-hybridized carbons (Fsp3) is 0.714. The Morgan fingerprint density at radius 3 is 0.167 bits per heavy atom. The summed E-state index contributed by atoms with van der Waals surface area (Å²) < 4.78 is 0. The van der Waals surface area contributed by atoms with Crippen molar-refractivity contribution in [3.63, 3.8) is 0 Å². The fourth-order valence-electron chi connectivity index (χ4n) is 0. The standard InChI is InChI=1S/4C3H6O.4C2H4O2.4CH2O3.18CH4/c4*1-3(2)4;4*1-2(3)4;4*2-1(3)4;;;;;;;;;;;;;;;;;;/h4*1-2H3;4*1H3,(H,3,4);4*(H2,2,3,4);18*1H4. The van der Waals surface area contributed by atoms with Gasteiger partial charge in [-0.05, 0) is 55.4 Å². The van der Waals surface area contributed by atoms with E-state index in [0.717, 1.165) is 27.7 Å². The number of ketones is 4. The van der Waals surface area contributed by atoms with Crippen molar-refractivity contribution >= 4 is 71.6 Å². The van der Waals surface area contributed by atoms with Crippen LogP contribution in [0.15, 0.2) is 0 Å². The third-order valence-corrected chi connectivity index (χ3v) is 0. The topological polar surface area (TPSA) is 448 Å². The van der Waals surface area contributed by atoms with Gasteiger partial charge in [0.2, 0.25) is 0 Å². The lowest BCUT2D eigenvalue weighted by molar-refractivity contribution is -0.135. The normalized spacial score (nSPS) is 4.55. The van der Waals surface area contributed by atoms with Crippen molar-refractivity contribution in [3.8, 4) is 0 Å². The Kier molecular flexibility index (Phi) is 784. The highest BCUT2D eigenvalue weighted by atomic mass is 16.6. The van der Waals surface area contributed by atoms with E-state index in [-0.39, 0.29) is 157 Å². The number of carbonyl (C=O) groups excluding carboxylic acids is 4. The Bertz CT molecular complexity index is 597. The van der Waals surface area contributed by atoms with Gasteiger partial charge in [-0.1, -0.05) is 134 Å². The molecule has 0 unspecified atom stereocenters. The zero-order valence-corrected chi connectivity index (χ0v) is 28.3. The van der Waals surface area contributed by atoms with Gasteiger partial charge in [-0.2, -0.15) is 0 Å². The minimum Gasteiger partial charge on any atom is -0.481 e. The first-order valence-corrected chi connectivity index (χ1v) is 11.1. The van der Waals surface area contributed by atoms with Gasteiger partial charge >= 0.3 is 24.6 Å². The van der Waals surface area contributed by atoms with Crippen LogP contribution in [0.1, 0.15) is 217 Å². The molecule has 0 aromatic rings. The molecular weight excluding hydrogens is 888 g/mol. The van der Waals surface area contributed by atoms with Crippen LogP contribution in [0.25, 0.3) is 0 Å². The number of rotatable bonds is 0. The number of hydrogen-bond acceptors (Lipinski definition) is 12. The van der Waals surface area contributed by atoms with Crippen LogP contribution in [0.4, 0.5) is 19.2 Å². The fourth-order valence-corrected chi connectivity index (χ4v) is 0. The molecule has 0 radical (unpaired) electrons. The monoisotopic (exact) mass is 1010 g/mol. The average molecular weight is 1010 g/mol. The van der Waals surface area contributed by atoms with Gasteiger partial charge in [-0.3, -0.25) is 19.2 Å². The summed E-state index contributed by atoms with van der Waals surface area (Å²) in [4.78, 5) is 108. The molecule has 24 heteroatoms. The Morgan fingerprint density at radius 2 is 0.167 bits per heavy atom. The molecule has 24 nitrogen and oxygen atoms in total. The molecule has 0 saturated carbocycles. The minimum absolute atomic E-state index is 0. The van der Waals surface area contributed by atoms with Crippen LogP contribution >= 0.6 is 0 Å². The molecule has 0 rings (SSSR count). The van der Waals surface area contributed by atoms with Gasteiger partial charge in [-0.25, -0.2) is 19.2 Å². The van der Waals surface area contributed by atoms with Gasteiger partial charge in [0.1, 0.15) is 23.1 Å². The van der Waals surface area contributed by atoms with E-state index in [1.807, 2.05) is 0 Å². The lowest BCUT2D eigenvalue weighted by atomic mass is 10.6. The maximum absolute atomic E-state index is 9.44. The van der Waals surface area contributed by atoms with Crippen molar-refractivity contribution in [2.45, 2.75) is 217 Å². The van der Waals surface area contributed by atoms with Crippen LogP contribution in [0.5, 0.6) is 0 Å². The summed E-state index contributed by atoms with van der Waals surface area (Å²) in [6, 6.07) is 0. The highest BCUT2D eigenvalue weighted by Gasteiger charge is 1.72. The van der Waals surface area contributed by atoms with Crippen LogP contribution in [0, 0.1) is 0 Å². The van der Waals surface area contributed by atoms with Gasteiger partial charge in [0.15, 0.2) is 0 Å². The van der Waals surface area contributed by atoms with Gasteiger partial charge < -0.3 is 80.5 Å². The zero-order chi connectivity index (χ0) is 42.9. The minimum atomic E-state index is -1.83. The van der Waals surface area contributed by atoms with E-state index >= 15 is 0 Å². The number of hydrogen-bond donors (Lipinski definition) is 12. The van der Waals surface area contributed by atoms with E-state index in [9.17, 15) is 19.2 Å². The summed E-state index contributed by atoms with van der Waals surface area (Å²) in [6.45, 7) is 16.6. The molecule has 0 heterocycles. The Balaban J connectivity index is -0.00000000747. The summed E-state index contributed by atoms with van der Waals surface area (Å²) >= 11 is 0. The highest BCUT2D eigenvalue weighted by Crippen LogP contribution is 1.52. The zero-order valence-electron chi connectivity index (χ0n) is 28.3. The molecule has 0 bridgehead atoms. The van der Waals surface area contributed by atoms with Crippen molar-refractivity contribution in [1.82, 2.24) is 0 Å². The maximum atomic E-state index is 9.44. The number of carboxylic acid groups (broad SMARTS) is 12. The SMILES string of the molecule is C.C.C.C.C.C.C.C.C.C.C.C.C.C.C.C.C.C.CC(=O)O.CC(=O)O.CC(=O)O.CC(=O)O.CC(C)=O.CC(C)=O.CC(C)=O.CC(C)=O.O=C(O)O.O=C(O)O.O=C(O)O.O=C(O)O. The van der Waals surface area contributed by atoms with E-state index in [0.29, 0.717) is 0 Å². The van der Waals surface area contributed by atoms with Gasteiger partial charge in [-0.15, -0.1) is 0 Å². The molecule has 0 fully saturated rings. The predicted octanol–water partition coefficient (Wildman–Crippen LogP) is 15.1. The Labute approximate surface area is 406 Å². The lowest BCUT2D eigenvalue weighted by Gasteiger charge is -1.60. The quantitative estimate of drug-likeness (QED) is 0.107. The van der Waals surface area contributed by atoms with Crippen LogP contribution in [0.2, 0.25) is 0 Å². The van der Waals surface area contributed by atoms with Crippen molar-refractivity contribution < 1.29 is 119 Å². The predicted molar refractivity (Wildman–Crippen MR) is 282 cm³/mol. The molecule has 432 valence electrons. The molecule has 0 aliphatic heterocycles. The second-order valence-electron chi connectivity index (χ2n) is 6.84. The third kappa shape index (κ3) is 4570. The van der Waals surface area contributed by atoms with Crippen LogP contribution in [-0.2, 0) is 38.4 Å². The summed E-state index contributed by atoms with van der Waals surface area (Å²) in [6.07, 6.45) is -7.33. The van der Waals surface area contributed by atoms with E-state index in [2.05, 4.69) is 0 Å². The van der Waals surface area contributed by atoms with Gasteiger partial charge in [0.05, 0.1) is 0 Å². The summed E-state index contributed by atoms with van der Waals surface area (Å²) in [5.74, 6) is -2.67. The Morgan fingerprint density at radius 1 is 0.167 bits per heavy atom. The van der Waals surface area contributed by atoms with Crippen molar-refractivity contribution in [2.75, 3.05) is 0 Å². The molecule has 0 aromatic heterocycles. The van der Waals surface area contributed by atoms with Crippen molar-refractivity contribution in [2.24, 2.45) is 0 Å². The molecule has 66 heavy (non-hydrogen) atoms. The molecule has 0 saturated heterocycles. The van der Waals surface area contributed by atoms with E-state index in [1.54, 1.807) is 0 Å². The van der Waals surface area contributed by atoms with Crippen molar-refractivity contribution in [1.29, 1.82) is 0 Å². The molecule has 0 atom stereocenters. The van der Waals surface area contributed by atoms with Crippen LogP contribution in [-0.4, -0.2) is 133 Å². The first kappa shape index (κ1) is 233. The van der Waals surface area contributed by atoms with Crippen molar-refractivity contribution in [3.05, 3.63) is 0 Å². The van der Waals surface area contributed by atoms with Gasteiger partial charge in [0.25, 0.3) is 23.9 Å². The smallest absolute Gasteiger partial charge is 0.481 e. The molecule has 0 amide bonds. The second kappa shape index (κ2) is 222. The summed E-state index contributed by atoms with van der Waals surface area (Å²) in [5, 5.41) is 85.4. The first-order chi connectivity index (χ1) is 20.8. The molecule has 0 aromatic carbocycles. The maximum Gasteiger partial charge on any atom is 0.503 e. The number of Topliss-reactive ketones (excluding diaryl/α,β-unsaturated/α-hetero) is 4. The Hall–Kier alpha value is -6.36. The molecule has 0 aliphatic rings. The molecular formula is C42H120O24. The molecule has 0 spiro atoms. The largest absolute Gasteiger partial charge is 0.503 e. The first-order valence-electron chi connectivity index (χ1n) is 11.1. The summed E-state index contributed by atoms with van der Waals surface area (Å²) in [7, 11) is 0. The second-order valence-corrected chi connectivity index (χ2v) is 6.84. The number of aliphatic carboxylic acids is 4. The van der Waals surface area contributed by atoms with Gasteiger partial charge in [0, 0.05) is 27.7 Å². The van der Waals surface area contributed by atoms with E-state index in [4.69, 9.17) is 99.6 Å². The number of carbonyl (C=O) groups is 12. The molecule has 0 aliphatic carbocycles. The average Bonchev–Trinajstić information content (AvgIpc) is 2.61. The third-order valence-electron chi connectivity index (χ3n) is 0. The van der Waals surface area contributed by atoms with E-state index in [1.165, 1.54) is 55.4 Å². The van der Waals surface area contributed by atoms with Crippen LogP contribution in [0.3, 0.4) is 0 Å². The van der Waals surface area contributed by atoms with E-state index < -0.39 is 48.5 Å². The highest BCUT2D eigenvalue weighted by molar-refractivity contribution is 5.73.